The third-order valence-electron chi connectivity index (χ3n) is 2.25. The minimum absolute atomic E-state index is 0.100. The molecule has 0 spiro atoms. The minimum Gasteiger partial charge on any atom is -0.476 e. The fourth-order valence-corrected chi connectivity index (χ4v) is 1.45. The normalized spacial score (nSPS) is 10.2. The molecule has 0 atom stereocenters. The van der Waals surface area contributed by atoms with Crippen molar-refractivity contribution in [2.45, 2.75) is 13.5 Å². The molecule has 5 nitrogen and oxygen atoms in total. The summed E-state index contributed by atoms with van der Waals surface area (Å²) < 4.78 is 4.97. The second-order valence-corrected chi connectivity index (χ2v) is 3.69. The Morgan fingerprint density at radius 1 is 1.53 bits per heavy atom. The van der Waals surface area contributed by atoms with Crippen molar-refractivity contribution < 1.29 is 14.3 Å². The Morgan fingerprint density at radius 2 is 2.35 bits per heavy atom. The molecule has 2 N–H and O–H groups in total. The van der Waals surface area contributed by atoms with E-state index in [1.807, 2.05) is 31.2 Å². The smallest absolute Gasteiger partial charge is 0.357 e. The van der Waals surface area contributed by atoms with Crippen LogP contribution in [0.25, 0.3) is 0 Å². The quantitative estimate of drug-likeness (QED) is 0.845. The third kappa shape index (κ3) is 2.84. The number of aromatic carboxylic acids is 1. The highest BCUT2D eigenvalue weighted by Gasteiger charge is 2.09. The summed E-state index contributed by atoms with van der Waals surface area (Å²) in [5.74, 6) is -1.10. The molecular formula is C12H12N2O3. The molecular weight excluding hydrogens is 220 g/mol. The number of nitrogens with zero attached hydrogens (tertiary/aromatic N) is 1. The number of hydrogen-bond donors (Lipinski definition) is 2. The molecule has 0 bridgehead atoms. The molecule has 0 aliphatic rings. The highest BCUT2D eigenvalue weighted by Crippen LogP contribution is 2.10. The number of aromatic nitrogens is 1. The number of benzene rings is 1. The van der Waals surface area contributed by atoms with Crippen molar-refractivity contribution in [3.05, 3.63) is 47.3 Å². The molecule has 2 aromatic rings. The van der Waals surface area contributed by atoms with Gasteiger partial charge in [0, 0.05) is 6.54 Å². The Bertz CT molecular complexity index is 534. The highest BCUT2D eigenvalue weighted by molar-refractivity contribution is 5.85. The second kappa shape index (κ2) is 4.69. The lowest BCUT2D eigenvalue weighted by molar-refractivity contribution is 0.0690. The molecule has 5 heteroatoms. The molecule has 2 rings (SSSR count). The standard InChI is InChI=1S/C12H12N2O3/c1-8-3-2-4-9(5-8)6-13-12-14-10(7-17-12)11(15)16/h2-5,7H,6H2,1H3,(H,13,14)(H,15,16). The van der Waals surface area contributed by atoms with Gasteiger partial charge in [-0.25, -0.2) is 4.79 Å². The summed E-state index contributed by atoms with van der Waals surface area (Å²) in [6.45, 7) is 2.55. The van der Waals surface area contributed by atoms with Crippen LogP contribution in [0.1, 0.15) is 21.6 Å². The van der Waals surface area contributed by atoms with E-state index in [0.29, 0.717) is 6.54 Å². The Kier molecular flexibility index (Phi) is 3.09. The van der Waals surface area contributed by atoms with Gasteiger partial charge < -0.3 is 14.8 Å². The van der Waals surface area contributed by atoms with Gasteiger partial charge in [-0.3, -0.25) is 0 Å². The number of aryl methyl sites for hydroxylation is 1. The lowest BCUT2D eigenvalue weighted by Gasteiger charge is -2.02. The molecule has 0 aliphatic heterocycles. The lowest BCUT2D eigenvalue weighted by atomic mass is 10.1. The van der Waals surface area contributed by atoms with Gasteiger partial charge >= 0.3 is 5.97 Å². The van der Waals surface area contributed by atoms with Gasteiger partial charge in [0.05, 0.1) is 0 Å². The number of nitrogens with one attached hydrogen (secondary N) is 1. The van der Waals surface area contributed by atoms with E-state index in [0.717, 1.165) is 11.8 Å². The summed E-state index contributed by atoms with van der Waals surface area (Å²) in [7, 11) is 0. The fraction of sp³-hybridized carbons (Fsp3) is 0.167. The van der Waals surface area contributed by atoms with Gasteiger partial charge in [-0.2, -0.15) is 4.98 Å². The van der Waals surface area contributed by atoms with Crippen LogP contribution in [0.4, 0.5) is 6.01 Å². The Morgan fingerprint density at radius 3 is 3.00 bits per heavy atom. The number of carbonyl (C=O) groups is 1. The SMILES string of the molecule is Cc1cccc(CNc2nc(C(=O)O)co2)c1. The van der Waals surface area contributed by atoms with E-state index in [-0.39, 0.29) is 11.7 Å². The summed E-state index contributed by atoms with van der Waals surface area (Å²) in [5.41, 5.74) is 2.15. The summed E-state index contributed by atoms with van der Waals surface area (Å²) in [5, 5.41) is 11.6. The average molecular weight is 232 g/mol. The first-order valence-electron chi connectivity index (χ1n) is 5.13. The molecule has 1 heterocycles. The van der Waals surface area contributed by atoms with Crippen molar-refractivity contribution in [1.82, 2.24) is 4.98 Å². The van der Waals surface area contributed by atoms with Crippen LogP contribution in [0, 0.1) is 6.92 Å². The van der Waals surface area contributed by atoms with E-state index in [1.165, 1.54) is 5.56 Å². The van der Waals surface area contributed by atoms with Gasteiger partial charge in [0.1, 0.15) is 6.26 Å². The number of rotatable bonds is 4. The number of oxazole rings is 1. The molecule has 1 aromatic heterocycles. The first-order valence-corrected chi connectivity index (χ1v) is 5.13. The van der Waals surface area contributed by atoms with E-state index in [1.54, 1.807) is 0 Å². The van der Waals surface area contributed by atoms with Gasteiger partial charge in [-0.1, -0.05) is 29.8 Å². The van der Waals surface area contributed by atoms with Crippen LogP contribution in [0.5, 0.6) is 0 Å². The first kappa shape index (κ1) is 11.2. The van der Waals surface area contributed by atoms with E-state index in [4.69, 9.17) is 9.52 Å². The largest absolute Gasteiger partial charge is 0.476 e. The molecule has 0 aliphatic carbocycles. The number of hydrogen-bond acceptors (Lipinski definition) is 4. The monoisotopic (exact) mass is 232 g/mol. The number of anilines is 1. The van der Waals surface area contributed by atoms with Crippen molar-refractivity contribution in [3.8, 4) is 0 Å². The predicted molar refractivity (Wildman–Crippen MR) is 62.0 cm³/mol. The van der Waals surface area contributed by atoms with E-state index in [2.05, 4.69) is 10.3 Å². The molecule has 1 aromatic carbocycles. The van der Waals surface area contributed by atoms with E-state index < -0.39 is 5.97 Å². The summed E-state index contributed by atoms with van der Waals surface area (Å²) in [6, 6.07) is 8.19. The topological polar surface area (TPSA) is 75.4 Å². The Balaban J connectivity index is 2.00. The summed E-state index contributed by atoms with van der Waals surface area (Å²) in [6.07, 6.45) is 1.11. The van der Waals surface area contributed by atoms with Crippen molar-refractivity contribution in [2.75, 3.05) is 5.32 Å². The second-order valence-electron chi connectivity index (χ2n) is 3.69. The van der Waals surface area contributed by atoms with Crippen molar-refractivity contribution in [3.63, 3.8) is 0 Å². The van der Waals surface area contributed by atoms with Crippen LogP contribution in [0.2, 0.25) is 0 Å². The molecule has 0 amide bonds. The van der Waals surface area contributed by atoms with Crippen LogP contribution in [-0.2, 0) is 6.54 Å². The molecule has 0 unspecified atom stereocenters. The zero-order chi connectivity index (χ0) is 12.3. The third-order valence-corrected chi connectivity index (χ3v) is 2.25. The zero-order valence-corrected chi connectivity index (χ0v) is 9.30. The zero-order valence-electron chi connectivity index (χ0n) is 9.30. The average Bonchev–Trinajstić information content (AvgIpc) is 2.75. The van der Waals surface area contributed by atoms with Gasteiger partial charge in [0.25, 0.3) is 6.01 Å². The van der Waals surface area contributed by atoms with Crippen LogP contribution >= 0.6 is 0 Å². The van der Waals surface area contributed by atoms with Crippen LogP contribution in [0.15, 0.2) is 34.9 Å². The Hall–Kier alpha value is -2.30. The maximum absolute atomic E-state index is 10.6. The fourth-order valence-electron chi connectivity index (χ4n) is 1.45. The van der Waals surface area contributed by atoms with Crippen LogP contribution in [0.3, 0.4) is 0 Å². The van der Waals surface area contributed by atoms with Gasteiger partial charge in [0.2, 0.25) is 0 Å². The molecule has 17 heavy (non-hydrogen) atoms. The molecule has 0 fully saturated rings. The van der Waals surface area contributed by atoms with Gasteiger partial charge in [-0.05, 0) is 12.5 Å². The van der Waals surface area contributed by atoms with Gasteiger partial charge in [0.15, 0.2) is 5.69 Å². The summed E-state index contributed by atoms with van der Waals surface area (Å²) in [4.78, 5) is 14.4. The molecule has 0 radical (unpaired) electrons. The first-order chi connectivity index (χ1) is 8.15. The van der Waals surface area contributed by atoms with Crippen LogP contribution in [-0.4, -0.2) is 16.1 Å². The van der Waals surface area contributed by atoms with Crippen molar-refractivity contribution >= 4 is 12.0 Å². The molecule has 88 valence electrons. The van der Waals surface area contributed by atoms with Crippen LogP contribution < -0.4 is 5.32 Å². The van der Waals surface area contributed by atoms with Crippen molar-refractivity contribution in [2.24, 2.45) is 0 Å². The maximum Gasteiger partial charge on any atom is 0.357 e. The maximum atomic E-state index is 10.6. The molecule has 0 saturated heterocycles. The summed E-state index contributed by atoms with van der Waals surface area (Å²) >= 11 is 0. The minimum atomic E-state index is -1.10. The number of carboxylic acid groups (broad SMARTS) is 1. The highest BCUT2D eigenvalue weighted by atomic mass is 16.4. The Labute approximate surface area is 98.1 Å². The molecule has 0 saturated carbocycles. The van der Waals surface area contributed by atoms with E-state index >= 15 is 0 Å². The predicted octanol–water partition coefficient (Wildman–Crippen LogP) is 2.29. The van der Waals surface area contributed by atoms with E-state index in [9.17, 15) is 4.79 Å². The number of carboxylic acids is 1. The lowest BCUT2D eigenvalue weighted by Crippen LogP contribution is -2.01. The van der Waals surface area contributed by atoms with Gasteiger partial charge in [-0.15, -0.1) is 0 Å². The van der Waals surface area contributed by atoms with Crippen molar-refractivity contribution in [1.29, 1.82) is 0 Å².